The topological polar surface area (TPSA) is 92.2 Å². The molecule has 0 atom stereocenters. The molecule has 0 aliphatic carbocycles. The molecule has 4 rings (SSSR count). The van der Waals surface area contributed by atoms with Crippen LogP contribution in [0.3, 0.4) is 0 Å². The van der Waals surface area contributed by atoms with Crippen molar-refractivity contribution in [3.8, 4) is 0 Å². The van der Waals surface area contributed by atoms with Crippen LogP contribution < -0.4 is 16.1 Å². The fourth-order valence-electron chi connectivity index (χ4n) is 3.95. The number of fused-ring (bicyclic) bond motifs is 1. The van der Waals surface area contributed by atoms with Gasteiger partial charge < -0.3 is 10.6 Å². The fourth-order valence-corrected chi connectivity index (χ4v) is 4.13. The van der Waals surface area contributed by atoms with Gasteiger partial charge in [-0.25, -0.2) is 4.68 Å². The first-order chi connectivity index (χ1) is 16.6. The summed E-state index contributed by atoms with van der Waals surface area (Å²) in [5, 5.41) is 6.66. The number of nitrogens with one attached hydrogen (secondary N) is 3. The van der Waals surface area contributed by atoms with Gasteiger partial charge in [0.2, 0.25) is 0 Å². The Hall–Kier alpha value is -4.10. The molecule has 35 heavy (non-hydrogen) atoms. The minimum absolute atomic E-state index is 0.149. The predicted molar refractivity (Wildman–Crippen MR) is 140 cm³/mol. The normalized spacial score (nSPS) is 10.8. The number of nitrogens with zero attached hydrogens (tertiary/aromatic N) is 1. The molecule has 178 valence electrons. The largest absolute Gasteiger partial charge is 0.328 e. The van der Waals surface area contributed by atoms with Gasteiger partial charge in [-0.2, -0.15) is 0 Å². The zero-order chi connectivity index (χ0) is 25.3. The van der Waals surface area contributed by atoms with E-state index in [0.717, 1.165) is 22.3 Å². The number of anilines is 2. The molecule has 8 heteroatoms. The third-order valence-electron chi connectivity index (χ3n) is 5.77. The highest BCUT2D eigenvalue weighted by molar-refractivity contribution is 6.42. The molecule has 0 aliphatic rings. The number of amides is 3. The van der Waals surface area contributed by atoms with Gasteiger partial charge in [0, 0.05) is 21.8 Å². The summed E-state index contributed by atoms with van der Waals surface area (Å²) in [5.41, 5.74) is 8.10. The van der Waals surface area contributed by atoms with Gasteiger partial charge in [0.1, 0.15) is 5.69 Å². The number of hydrogen-bond donors (Lipinski definition) is 3. The fraction of sp³-hybridized carbons (Fsp3) is 0.148. The maximum atomic E-state index is 13.2. The van der Waals surface area contributed by atoms with E-state index < -0.39 is 17.7 Å². The Balaban J connectivity index is 1.65. The van der Waals surface area contributed by atoms with Crippen molar-refractivity contribution in [3.05, 3.63) is 93.6 Å². The Morgan fingerprint density at radius 3 is 2.17 bits per heavy atom. The molecule has 7 nitrogen and oxygen atoms in total. The molecule has 4 aromatic rings. The van der Waals surface area contributed by atoms with Crippen molar-refractivity contribution >= 4 is 51.6 Å². The quantitative estimate of drug-likeness (QED) is 0.332. The van der Waals surface area contributed by atoms with E-state index in [1.807, 2.05) is 64.1 Å². The second kappa shape index (κ2) is 9.64. The molecule has 1 aromatic heterocycles. The molecule has 0 fully saturated rings. The first-order valence-electron chi connectivity index (χ1n) is 11.0. The number of rotatable bonds is 4. The van der Waals surface area contributed by atoms with Gasteiger partial charge in [-0.15, -0.1) is 0 Å². The van der Waals surface area contributed by atoms with Gasteiger partial charge in [0.05, 0.1) is 5.52 Å². The molecule has 3 amide bonds. The third-order valence-corrected chi connectivity index (χ3v) is 6.00. The molecule has 0 radical (unpaired) electrons. The van der Waals surface area contributed by atoms with Crippen molar-refractivity contribution in [3.63, 3.8) is 0 Å². The van der Waals surface area contributed by atoms with Crippen molar-refractivity contribution in [2.75, 3.05) is 16.1 Å². The summed E-state index contributed by atoms with van der Waals surface area (Å²) in [5.74, 6) is -2.21. The lowest BCUT2D eigenvalue weighted by atomic mass is 10.1. The Labute approximate surface area is 208 Å². The number of aromatic nitrogens is 1. The molecule has 0 saturated carbocycles. The monoisotopic (exact) mass is 488 g/mol. The van der Waals surface area contributed by atoms with Gasteiger partial charge in [0.25, 0.3) is 5.91 Å². The molecule has 0 bridgehead atoms. The van der Waals surface area contributed by atoms with Gasteiger partial charge >= 0.3 is 11.8 Å². The number of halogens is 1. The van der Waals surface area contributed by atoms with E-state index in [4.69, 9.17) is 11.6 Å². The lowest BCUT2D eigenvalue weighted by Crippen LogP contribution is -2.36. The van der Waals surface area contributed by atoms with Crippen LogP contribution >= 0.6 is 11.6 Å². The van der Waals surface area contributed by atoms with Gasteiger partial charge in [-0.3, -0.25) is 19.8 Å². The second-order valence-electron chi connectivity index (χ2n) is 8.50. The number of carbonyl (C=O) groups excluding carboxylic acids is 3. The molecule has 0 spiro atoms. The molecular formula is C27H25ClN4O3. The highest BCUT2D eigenvalue weighted by Crippen LogP contribution is 2.25. The van der Waals surface area contributed by atoms with Crippen LogP contribution in [0.5, 0.6) is 0 Å². The number of aryl methyl sites for hydroxylation is 4. The average Bonchev–Trinajstić information content (AvgIpc) is 3.15. The summed E-state index contributed by atoms with van der Waals surface area (Å²) in [6.07, 6.45) is 0. The SMILES string of the molecule is Cc1ccc(NC(=O)c2cc3cc(Cl)ccc3n2NC(=O)C(=O)Nc2c(C)cccc2C)c(C)c1. The lowest BCUT2D eigenvalue weighted by molar-refractivity contribution is -0.133. The number of hydrogen-bond acceptors (Lipinski definition) is 3. The van der Waals surface area contributed by atoms with Crippen molar-refractivity contribution in [1.29, 1.82) is 0 Å². The maximum Gasteiger partial charge on any atom is 0.328 e. The summed E-state index contributed by atoms with van der Waals surface area (Å²) in [7, 11) is 0. The first kappa shape index (κ1) is 24.0. The average molecular weight is 489 g/mol. The van der Waals surface area contributed by atoms with Crippen molar-refractivity contribution < 1.29 is 14.4 Å². The van der Waals surface area contributed by atoms with Gasteiger partial charge in [-0.05, 0) is 74.7 Å². The molecular weight excluding hydrogens is 464 g/mol. The van der Waals surface area contributed by atoms with Crippen molar-refractivity contribution in [1.82, 2.24) is 4.68 Å². The number of carbonyl (C=O) groups is 3. The standard InChI is InChI=1S/C27H25ClN4O3/c1-15-8-10-21(18(4)12-15)29-25(33)23-14-19-13-20(28)9-11-22(19)32(23)31-27(35)26(34)30-24-16(2)6-5-7-17(24)3/h5-14H,1-4H3,(H,29,33)(H,30,34)(H,31,35). The Morgan fingerprint density at radius 2 is 1.49 bits per heavy atom. The Morgan fingerprint density at radius 1 is 0.771 bits per heavy atom. The van der Waals surface area contributed by atoms with Crippen LogP contribution in [0, 0.1) is 27.7 Å². The zero-order valence-electron chi connectivity index (χ0n) is 19.8. The molecule has 3 aromatic carbocycles. The van der Waals surface area contributed by atoms with Crippen LogP contribution in [0.15, 0.2) is 60.7 Å². The van der Waals surface area contributed by atoms with Gasteiger partial charge in [-0.1, -0.05) is 47.5 Å². The van der Waals surface area contributed by atoms with Crippen molar-refractivity contribution in [2.45, 2.75) is 27.7 Å². The van der Waals surface area contributed by atoms with Crippen LogP contribution in [0.4, 0.5) is 11.4 Å². The third kappa shape index (κ3) is 5.05. The highest BCUT2D eigenvalue weighted by atomic mass is 35.5. The van der Waals surface area contributed by atoms with E-state index in [9.17, 15) is 14.4 Å². The summed E-state index contributed by atoms with van der Waals surface area (Å²) in [6.45, 7) is 7.56. The molecule has 1 heterocycles. The van der Waals surface area contributed by atoms with Crippen LogP contribution in [0.2, 0.25) is 5.02 Å². The Bertz CT molecular complexity index is 1470. The van der Waals surface area contributed by atoms with Gasteiger partial charge in [0.15, 0.2) is 0 Å². The van der Waals surface area contributed by atoms with Crippen LogP contribution in [-0.2, 0) is 9.59 Å². The molecule has 0 unspecified atom stereocenters. The molecule has 0 saturated heterocycles. The van der Waals surface area contributed by atoms with Crippen molar-refractivity contribution in [2.24, 2.45) is 0 Å². The molecule has 3 N–H and O–H groups in total. The van der Waals surface area contributed by atoms with Crippen LogP contribution in [0.1, 0.15) is 32.7 Å². The van der Waals surface area contributed by atoms with E-state index in [-0.39, 0.29) is 5.69 Å². The smallest absolute Gasteiger partial charge is 0.320 e. The first-order valence-corrected chi connectivity index (χ1v) is 11.4. The lowest BCUT2D eigenvalue weighted by Gasteiger charge is -2.15. The molecule has 0 aliphatic heterocycles. The summed E-state index contributed by atoms with van der Waals surface area (Å²) in [4.78, 5) is 38.8. The zero-order valence-corrected chi connectivity index (χ0v) is 20.6. The Kier molecular flexibility index (Phi) is 6.62. The maximum absolute atomic E-state index is 13.2. The van der Waals surface area contributed by atoms with Crippen LogP contribution in [0.25, 0.3) is 10.9 Å². The van der Waals surface area contributed by atoms with E-state index in [1.54, 1.807) is 24.3 Å². The minimum Gasteiger partial charge on any atom is -0.320 e. The predicted octanol–water partition coefficient (Wildman–Crippen LogP) is 5.49. The van der Waals surface area contributed by atoms with E-state index >= 15 is 0 Å². The summed E-state index contributed by atoms with van der Waals surface area (Å²) in [6, 6.07) is 17.9. The minimum atomic E-state index is -0.916. The van der Waals surface area contributed by atoms with E-state index in [1.165, 1.54) is 4.68 Å². The van der Waals surface area contributed by atoms with Crippen LogP contribution in [-0.4, -0.2) is 22.4 Å². The van der Waals surface area contributed by atoms with E-state index in [0.29, 0.717) is 27.3 Å². The van der Waals surface area contributed by atoms with E-state index in [2.05, 4.69) is 16.1 Å². The highest BCUT2D eigenvalue weighted by Gasteiger charge is 2.22. The number of para-hydroxylation sites is 1. The number of benzene rings is 3. The summed E-state index contributed by atoms with van der Waals surface area (Å²) >= 11 is 6.14. The second-order valence-corrected chi connectivity index (χ2v) is 8.94. The summed E-state index contributed by atoms with van der Waals surface area (Å²) < 4.78 is 1.30.